The van der Waals surface area contributed by atoms with Crippen LogP contribution in [0.15, 0.2) is 18.3 Å². The van der Waals surface area contributed by atoms with E-state index >= 15 is 0 Å². The van der Waals surface area contributed by atoms with Crippen molar-refractivity contribution in [2.75, 3.05) is 18.4 Å². The lowest BCUT2D eigenvalue weighted by Gasteiger charge is -2.21. The molecule has 1 aliphatic rings. The number of hydrogen-bond acceptors (Lipinski definition) is 7. The third-order valence-corrected chi connectivity index (χ3v) is 5.14. The Morgan fingerprint density at radius 1 is 1.09 bits per heavy atom. The Labute approximate surface area is 201 Å². The highest BCUT2D eigenvalue weighted by Gasteiger charge is 2.28. The Bertz CT molecular complexity index is 852. The van der Waals surface area contributed by atoms with Crippen molar-refractivity contribution in [3.63, 3.8) is 0 Å². The standard InChI is InChI=1S/C24H37N5O5/c1-24(2,3)34-23(33)27-14-9-7-5-4-6-8-13-25-17-12-15-26-19(16-17)22(32)28-18-10-11-20(30)29-21(18)31/h12,15-16,18H,4-11,13-14H2,1-3H3,(H,25,26)(H,27,33)(H,28,32)(H,29,30,31). The Morgan fingerprint density at radius 3 is 2.44 bits per heavy atom. The maximum absolute atomic E-state index is 12.4. The summed E-state index contributed by atoms with van der Waals surface area (Å²) < 4.78 is 5.20. The first kappa shape index (κ1) is 27.1. The van der Waals surface area contributed by atoms with Gasteiger partial charge in [-0.1, -0.05) is 25.7 Å². The zero-order valence-corrected chi connectivity index (χ0v) is 20.4. The molecule has 0 aliphatic carbocycles. The molecule has 1 aliphatic heterocycles. The van der Waals surface area contributed by atoms with Crippen LogP contribution in [0.3, 0.4) is 0 Å². The summed E-state index contributed by atoms with van der Waals surface area (Å²) in [6, 6.07) is 2.72. The van der Waals surface area contributed by atoms with Crippen LogP contribution in [0.5, 0.6) is 0 Å². The van der Waals surface area contributed by atoms with Gasteiger partial charge in [-0.25, -0.2) is 4.79 Å². The van der Waals surface area contributed by atoms with Crippen molar-refractivity contribution in [3.05, 3.63) is 24.0 Å². The number of piperidine rings is 1. The molecule has 0 bridgehead atoms. The van der Waals surface area contributed by atoms with Gasteiger partial charge in [0.2, 0.25) is 11.8 Å². The van der Waals surface area contributed by atoms with Gasteiger partial charge in [0.25, 0.3) is 5.91 Å². The molecule has 0 spiro atoms. The summed E-state index contributed by atoms with van der Waals surface area (Å²) in [6.45, 7) is 6.93. The van der Waals surface area contributed by atoms with Crippen molar-refractivity contribution in [2.24, 2.45) is 0 Å². The predicted molar refractivity (Wildman–Crippen MR) is 128 cm³/mol. The third-order valence-electron chi connectivity index (χ3n) is 5.14. The molecule has 1 aromatic rings. The monoisotopic (exact) mass is 475 g/mol. The van der Waals surface area contributed by atoms with Crippen LogP contribution < -0.4 is 21.3 Å². The summed E-state index contributed by atoms with van der Waals surface area (Å²) in [5, 5.41) is 10.9. The van der Waals surface area contributed by atoms with E-state index in [0.717, 1.165) is 50.8 Å². The maximum Gasteiger partial charge on any atom is 0.407 e. The number of nitrogens with zero attached hydrogens (tertiary/aromatic N) is 1. The predicted octanol–water partition coefficient (Wildman–Crippen LogP) is 2.89. The molecule has 1 saturated heterocycles. The van der Waals surface area contributed by atoms with E-state index in [4.69, 9.17) is 4.74 Å². The van der Waals surface area contributed by atoms with Gasteiger partial charge in [0.15, 0.2) is 0 Å². The molecule has 1 unspecified atom stereocenters. The first-order valence-corrected chi connectivity index (χ1v) is 12.0. The molecule has 188 valence electrons. The fourth-order valence-corrected chi connectivity index (χ4v) is 3.42. The second kappa shape index (κ2) is 13.5. The van der Waals surface area contributed by atoms with Crippen molar-refractivity contribution in [1.82, 2.24) is 20.9 Å². The van der Waals surface area contributed by atoms with E-state index in [0.29, 0.717) is 6.54 Å². The van der Waals surface area contributed by atoms with E-state index in [9.17, 15) is 19.2 Å². The van der Waals surface area contributed by atoms with E-state index in [1.807, 2.05) is 20.8 Å². The van der Waals surface area contributed by atoms with Gasteiger partial charge in [-0.05, 0) is 52.2 Å². The second-order valence-corrected chi connectivity index (χ2v) is 9.38. The van der Waals surface area contributed by atoms with Crippen LogP contribution in [0.1, 0.15) is 82.6 Å². The summed E-state index contributed by atoms with van der Waals surface area (Å²) in [5.41, 5.74) is 0.532. The van der Waals surface area contributed by atoms with Gasteiger partial charge >= 0.3 is 6.09 Å². The van der Waals surface area contributed by atoms with Gasteiger partial charge in [-0.15, -0.1) is 0 Å². The lowest BCUT2D eigenvalue weighted by Crippen LogP contribution is -2.52. The van der Waals surface area contributed by atoms with Crippen LogP contribution in [-0.4, -0.2) is 53.5 Å². The van der Waals surface area contributed by atoms with Gasteiger partial charge in [0.05, 0.1) is 0 Å². The van der Waals surface area contributed by atoms with Crippen LogP contribution in [0.25, 0.3) is 0 Å². The lowest BCUT2D eigenvalue weighted by atomic mass is 10.1. The van der Waals surface area contributed by atoms with Crippen molar-refractivity contribution >= 4 is 29.5 Å². The Balaban J connectivity index is 1.56. The molecule has 0 aromatic carbocycles. The van der Waals surface area contributed by atoms with E-state index in [2.05, 4.69) is 26.3 Å². The molecular weight excluding hydrogens is 438 g/mol. The highest BCUT2D eigenvalue weighted by molar-refractivity contribution is 6.03. The topological polar surface area (TPSA) is 139 Å². The Morgan fingerprint density at radius 2 is 1.76 bits per heavy atom. The van der Waals surface area contributed by atoms with Crippen LogP contribution in [0.2, 0.25) is 0 Å². The average molecular weight is 476 g/mol. The highest BCUT2D eigenvalue weighted by Crippen LogP contribution is 2.12. The molecule has 4 amide bonds. The first-order valence-electron chi connectivity index (χ1n) is 12.0. The van der Waals surface area contributed by atoms with Crippen molar-refractivity contribution in [1.29, 1.82) is 0 Å². The largest absolute Gasteiger partial charge is 0.444 e. The lowest BCUT2D eigenvalue weighted by molar-refractivity contribution is -0.134. The van der Waals surface area contributed by atoms with Crippen LogP contribution >= 0.6 is 0 Å². The van der Waals surface area contributed by atoms with Gasteiger partial charge in [0, 0.05) is 31.4 Å². The molecule has 4 N–H and O–H groups in total. The van der Waals surface area contributed by atoms with Gasteiger partial charge in [-0.3, -0.25) is 24.7 Å². The van der Waals surface area contributed by atoms with E-state index in [1.165, 1.54) is 0 Å². The first-order chi connectivity index (χ1) is 16.1. The average Bonchev–Trinajstić information content (AvgIpc) is 2.76. The number of nitrogens with one attached hydrogen (secondary N) is 4. The summed E-state index contributed by atoms with van der Waals surface area (Å²) in [4.78, 5) is 51.1. The molecule has 10 heteroatoms. The quantitative estimate of drug-likeness (QED) is 0.269. The van der Waals surface area contributed by atoms with Crippen molar-refractivity contribution < 1.29 is 23.9 Å². The van der Waals surface area contributed by atoms with E-state index in [1.54, 1.807) is 18.3 Å². The van der Waals surface area contributed by atoms with Gasteiger partial charge in [0.1, 0.15) is 17.3 Å². The Hall–Kier alpha value is -3.17. The molecule has 0 saturated carbocycles. The number of carbonyl (C=O) groups excluding carboxylic acids is 4. The molecule has 10 nitrogen and oxygen atoms in total. The van der Waals surface area contributed by atoms with Crippen molar-refractivity contribution in [3.8, 4) is 0 Å². The number of ether oxygens (including phenoxy) is 1. The number of anilines is 1. The molecule has 2 rings (SSSR count). The number of amides is 4. The number of unbranched alkanes of at least 4 members (excludes halogenated alkanes) is 5. The zero-order valence-electron chi connectivity index (χ0n) is 20.4. The minimum Gasteiger partial charge on any atom is -0.444 e. The van der Waals surface area contributed by atoms with Crippen LogP contribution in [0, 0.1) is 0 Å². The number of rotatable bonds is 12. The van der Waals surface area contributed by atoms with E-state index in [-0.39, 0.29) is 30.5 Å². The Kier molecular flexibility index (Phi) is 10.8. The summed E-state index contributed by atoms with van der Waals surface area (Å²) >= 11 is 0. The summed E-state index contributed by atoms with van der Waals surface area (Å²) in [5.74, 6) is -1.26. The normalized spacial score (nSPS) is 15.9. The minimum atomic E-state index is -0.725. The fraction of sp³-hybridized carbons (Fsp3) is 0.625. The van der Waals surface area contributed by atoms with Crippen LogP contribution in [0.4, 0.5) is 10.5 Å². The van der Waals surface area contributed by atoms with Crippen molar-refractivity contribution in [2.45, 2.75) is 83.8 Å². The SMILES string of the molecule is CC(C)(C)OC(=O)NCCCCCCCCNc1ccnc(C(=O)NC2CCC(=O)NC2=O)c1. The molecule has 0 radical (unpaired) electrons. The summed E-state index contributed by atoms with van der Waals surface area (Å²) in [6.07, 6.45) is 7.95. The number of imide groups is 1. The number of hydrogen-bond donors (Lipinski definition) is 4. The highest BCUT2D eigenvalue weighted by atomic mass is 16.6. The maximum atomic E-state index is 12.4. The third kappa shape index (κ3) is 10.6. The molecule has 2 heterocycles. The molecule has 1 aromatic heterocycles. The number of carbonyl (C=O) groups is 4. The second-order valence-electron chi connectivity index (χ2n) is 9.38. The number of alkyl carbamates (subject to hydrolysis) is 1. The molecule has 1 atom stereocenters. The molecule has 1 fully saturated rings. The minimum absolute atomic E-state index is 0.203. The fourth-order valence-electron chi connectivity index (χ4n) is 3.42. The number of aromatic nitrogens is 1. The van der Waals surface area contributed by atoms with Crippen LogP contribution in [-0.2, 0) is 14.3 Å². The van der Waals surface area contributed by atoms with E-state index < -0.39 is 23.5 Å². The number of pyridine rings is 1. The summed E-state index contributed by atoms with van der Waals surface area (Å²) in [7, 11) is 0. The smallest absolute Gasteiger partial charge is 0.407 e. The molecule has 34 heavy (non-hydrogen) atoms. The molecular formula is C24H37N5O5. The zero-order chi connectivity index (χ0) is 25.0. The van der Waals surface area contributed by atoms with Gasteiger partial charge in [-0.2, -0.15) is 0 Å². The van der Waals surface area contributed by atoms with Gasteiger partial charge < -0.3 is 20.7 Å².